The molecule has 5 heteroatoms. The van der Waals surface area contributed by atoms with E-state index in [2.05, 4.69) is 5.32 Å². The van der Waals surface area contributed by atoms with Crippen LogP contribution < -0.4 is 5.32 Å². The molecule has 0 bridgehead atoms. The Hall–Kier alpha value is -1.36. The highest BCUT2D eigenvalue weighted by molar-refractivity contribution is 7.10. The van der Waals surface area contributed by atoms with Gasteiger partial charge < -0.3 is 10.2 Å². The minimum absolute atomic E-state index is 0.0966. The number of hydrogen-bond donors (Lipinski definition) is 1. The van der Waals surface area contributed by atoms with Crippen LogP contribution in [-0.4, -0.2) is 29.9 Å². The van der Waals surface area contributed by atoms with Crippen molar-refractivity contribution < 1.29 is 9.59 Å². The average Bonchev–Trinajstić information content (AvgIpc) is 2.89. The maximum absolute atomic E-state index is 12.0. The van der Waals surface area contributed by atoms with Crippen molar-refractivity contribution in [1.82, 2.24) is 10.2 Å². The highest BCUT2D eigenvalue weighted by atomic mass is 32.1. The number of amides is 2. The second kappa shape index (κ2) is 5.12. The molecule has 4 nitrogen and oxygen atoms in total. The molecule has 0 saturated carbocycles. The summed E-state index contributed by atoms with van der Waals surface area (Å²) in [6.07, 6.45) is 2.82. The fraction of sp³-hybridized carbons (Fsp3) is 0.455. The lowest BCUT2D eigenvalue weighted by Gasteiger charge is -2.23. The summed E-state index contributed by atoms with van der Waals surface area (Å²) in [6.45, 7) is 0.746. The number of nitrogens with zero attached hydrogens (tertiary/aromatic N) is 1. The van der Waals surface area contributed by atoms with Crippen molar-refractivity contribution in [1.29, 1.82) is 0 Å². The summed E-state index contributed by atoms with van der Waals surface area (Å²) in [5.74, 6) is 0.0966. The van der Waals surface area contributed by atoms with E-state index in [0.717, 1.165) is 24.3 Å². The molecule has 1 saturated heterocycles. The van der Waals surface area contributed by atoms with Crippen LogP contribution in [0.2, 0.25) is 0 Å². The molecular formula is C11H14N2O2S. The lowest BCUT2D eigenvalue weighted by atomic mass is 10.3. The molecule has 1 aromatic heterocycles. The van der Waals surface area contributed by atoms with E-state index in [9.17, 15) is 9.59 Å². The molecule has 1 aliphatic heterocycles. The van der Waals surface area contributed by atoms with Gasteiger partial charge in [-0.1, -0.05) is 6.07 Å². The minimum Gasteiger partial charge on any atom is -0.338 e. The molecule has 0 spiro atoms. The summed E-state index contributed by atoms with van der Waals surface area (Å²) in [4.78, 5) is 25.2. The number of carbonyl (C=O) groups excluding carboxylic acids is 2. The van der Waals surface area contributed by atoms with Crippen molar-refractivity contribution in [3.8, 4) is 0 Å². The Kier molecular flexibility index (Phi) is 3.56. The van der Waals surface area contributed by atoms with E-state index in [4.69, 9.17) is 0 Å². The molecule has 0 aliphatic carbocycles. The number of thiophene rings is 1. The molecule has 86 valence electrons. The second-order valence-corrected chi connectivity index (χ2v) is 4.82. The quantitative estimate of drug-likeness (QED) is 0.795. The van der Waals surface area contributed by atoms with Crippen LogP contribution in [0, 0.1) is 0 Å². The van der Waals surface area contributed by atoms with Crippen LogP contribution >= 0.6 is 11.3 Å². The fourth-order valence-electron chi connectivity index (χ4n) is 1.98. The molecule has 2 amide bonds. The summed E-state index contributed by atoms with van der Waals surface area (Å²) in [5, 5.41) is 4.65. The largest absolute Gasteiger partial charge is 0.338 e. The molecule has 1 aromatic rings. The van der Waals surface area contributed by atoms with Crippen molar-refractivity contribution in [2.75, 3.05) is 6.54 Å². The van der Waals surface area contributed by atoms with Crippen LogP contribution in [-0.2, 0) is 16.0 Å². The van der Waals surface area contributed by atoms with Crippen LogP contribution in [0.25, 0.3) is 0 Å². The van der Waals surface area contributed by atoms with Gasteiger partial charge in [-0.3, -0.25) is 9.59 Å². The first kappa shape index (κ1) is 11.1. The molecule has 0 aromatic carbocycles. The summed E-state index contributed by atoms with van der Waals surface area (Å²) >= 11 is 1.59. The van der Waals surface area contributed by atoms with Gasteiger partial charge in [-0.2, -0.15) is 0 Å². The lowest BCUT2D eigenvalue weighted by molar-refractivity contribution is -0.132. The Morgan fingerprint density at radius 1 is 1.69 bits per heavy atom. The van der Waals surface area contributed by atoms with E-state index in [1.54, 1.807) is 16.2 Å². The highest BCUT2D eigenvalue weighted by Gasteiger charge is 2.27. The molecular weight excluding hydrogens is 224 g/mol. The number of carbonyl (C=O) groups is 2. The van der Waals surface area contributed by atoms with Gasteiger partial charge in [0.15, 0.2) is 0 Å². The van der Waals surface area contributed by atoms with Gasteiger partial charge >= 0.3 is 0 Å². The van der Waals surface area contributed by atoms with E-state index in [1.807, 2.05) is 17.5 Å². The molecule has 1 unspecified atom stereocenters. The molecule has 1 aliphatic rings. The number of hydrogen-bond acceptors (Lipinski definition) is 3. The Morgan fingerprint density at radius 2 is 2.56 bits per heavy atom. The summed E-state index contributed by atoms with van der Waals surface area (Å²) in [7, 11) is 0. The van der Waals surface area contributed by atoms with Gasteiger partial charge in [0, 0.05) is 11.4 Å². The first-order valence-electron chi connectivity index (χ1n) is 5.33. The van der Waals surface area contributed by atoms with E-state index < -0.39 is 0 Å². The first-order valence-corrected chi connectivity index (χ1v) is 6.21. The summed E-state index contributed by atoms with van der Waals surface area (Å²) in [5.41, 5.74) is 0. The van der Waals surface area contributed by atoms with Crippen LogP contribution in [0.4, 0.5) is 0 Å². The Balaban J connectivity index is 1.95. The first-order chi connectivity index (χ1) is 7.81. The van der Waals surface area contributed by atoms with Gasteiger partial charge in [0.1, 0.15) is 6.17 Å². The zero-order valence-electron chi connectivity index (χ0n) is 8.89. The Labute approximate surface area is 98.3 Å². The van der Waals surface area contributed by atoms with Crippen molar-refractivity contribution >= 4 is 23.7 Å². The zero-order chi connectivity index (χ0) is 11.4. The summed E-state index contributed by atoms with van der Waals surface area (Å²) < 4.78 is 0. The molecule has 1 fully saturated rings. The van der Waals surface area contributed by atoms with Crippen LogP contribution in [0.3, 0.4) is 0 Å². The molecule has 0 radical (unpaired) electrons. The van der Waals surface area contributed by atoms with Crippen LogP contribution in [0.5, 0.6) is 0 Å². The van der Waals surface area contributed by atoms with Gasteiger partial charge in [0.2, 0.25) is 12.3 Å². The Bertz CT molecular complexity index is 364. The predicted molar refractivity (Wildman–Crippen MR) is 62.0 cm³/mol. The second-order valence-electron chi connectivity index (χ2n) is 3.79. The maximum Gasteiger partial charge on any atom is 0.229 e. The number of rotatable bonds is 4. The van der Waals surface area contributed by atoms with E-state index in [1.165, 1.54) is 0 Å². The van der Waals surface area contributed by atoms with Gasteiger partial charge in [-0.25, -0.2) is 0 Å². The zero-order valence-corrected chi connectivity index (χ0v) is 9.70. The monoisotopic (exact) mass is 238 g/mol. The van der Waals surface area contributed by atoms with E-state index >= 15 is 0 Å². The third-order valence-electron chi connectivity index (χ3n) is 2.74. The van der Waals surface area contributed by atoms with E-state index in [-0.39, 0.29) is 12.1 Å². The SMILES string of the molecule is O=CNC1CCCN1C(=O)Cc1cccs1. The normalized spacial score (nSPS) is 19.8. The lowest BCUT2D eigenvalue weighted by Crippen LogP contribution is -2.44. The molecule has 16 heavy (non-hydrogen) atoms. The minimum atomic E-state index is -0.107. The topological polar surface area (TPSA) is 49.4 Å². The van der Waals surface area contributed by atoms with Gasteiger partial charge in [0.05, 0.1) is 6.42 Å². The third-order valence-corrected chi connectivity index (χ3v) is 3.62. The van der Waals surface area contributed by atoms with Crippen LogP contribution in [0.1, 0.15) is 17.7 Å². The van der Waals surface area contributed by atoms with Gasteiger partial charge in [-0.05, 0) is 24.3 Å². The Morgan fingerprint density at radius 3 is 3.25 bits per heavy atom. The van der Waals surface area contributed by atoms with E-state index in [0.29, 0.717) is 12.8 Å². The predicted octanol–water partition coefficient (Wildman–Crippen LogP) is 0.985. The summed E-state index contributed by atoms with van der Waals surface area (Å²) in [6, 6.07) is 3.90. The fourth-order valence-corrected chi connectivity index (χ4v) is 2.68. The van der Waals surface area contributed by atoms with Gasteiger partial charge in [0.25, 0.3) is 0 Å². The average molecular weight is 238 g/mol. The van der Waals surface area contributed by atoms with Crippen molar-refractivity contribution in [2.24, 2.45) is 0 Å². The standard InChI is InChI=1S/C11H14N2O2S/c14-8-12-10-4-1-5-13(10)11(15)7-9-3-2-6-16-9/h2-3,6,8,10H,1,4-5,7H2,(H,12,14). The third kappa shape index (κ3) is 2.41. The van der Waals surface area contributed by atoms with Gasteiger partial charge in [-0.15, -0.1) is 11.3 Å². The number of likely N-dealkylation sites (tertiary alicyclic amines) is 1. The van der Waals surface area contributed by atoms with Crippen molar-refractivity contribution in [3.05, 3.63) is 22.4 Å². The molecule has 2 rings (SSSR count). The van der Waals surface area contributed by atoms with Crippen LogP contribution in [0.15, 0.2) is 17.5 Å². The highest BCUT2D eigenvalue weighted by Crippen LogP contribution is 2.17. The molecule has 1 atom stereocenters. The van der Waals surface area contributed by atoms with Crippen molar-refractivity contribution in [3.63, 3.8) is 0 Å². The number of nitrogens with one attached hydrogen (secondary N) is 1. The molecule has 1 N–H and O–H groups in total. The smallest absolute Gasteiger partial charge is 0.229 e. The van der Waals surface area contributed by atoms with Crippen molar-refractivity contribution in [2.45, 2.75) is 25.4 Å². The molecule has 2 heterocycles. The maximum atomic E-state index is 12.0.